The van der Waals surface area contributed by atoms with Crippen LogP contribution in [0.2, 0.25) is 0 Å². The molecule has 1 aromatic heterocycles. The van der Waals surface area contributed by atoms with Crippen LogP contribution < -0.4 is 0 Å². The Morgan fingerprint density at radius 3 is 2.43 bits per heavy atom. The first kappa shape index (κ1) is 15.0. The largest absolute Gasteiger partial charge is 0.462 e. The number of pyridine rings is 1. The predicted molar refractivity (Wildman–Crippen MR) is 78.4 cm³/mol. The summed E-state index contributed by atoms with van der Waals surface area (Å²) in [5.74, 6) is -1.19. The molecule has 110 valence electrons. The first-order chi connectivity index (χ1) is 10.1. The molecule has 1 aromatic carbocycles. The summed E-state index contributed by atoms with van der Waals surface area (Å²) in [6.45, 7) is 5.75. The monoisotopic (exact) mass is 287 g/mol. The molecule has 2 rings (SSSR count). The summed E-state index contributed by atoms with van der Waals surface area (Å²) in [6.07, 6.45) is 0. The number of nitrogens with zero attached hydrogens (tertiary/aromatic N) is 1. The molecule has 0 bridgehead atoms. The summed E-state index contributed by atoms with van der Waals surface area (Å²) in [5, 5.41) is 0.783. The normalized spacial score (nSPS) is 10.4. The van der Waals surface area contributed by atoms with Crippen LogP contribution >= 0.6 is 0 Å². The van der Waals surface area contributed by atoms with E-state index in [0.29, 0.717) is 5.52 Å². The van der Waals surface area contributed by atoms with Gasteiger partial charge in [-0.1, -0.05) is 18.2 Å². The molecule has 0 aliphatic carbocycles. The fourth-order valence-electron chi connectivity index (χ4n) is 2.07. The molecule has 0 fully saturated rings. The molecule has 2 aromatic rings. The number of ether oxygens (including phenoxy) is 2. The van der Waals surface area contributed by atoms with E-state index in [1.54, 1.807) is 19.9 Å². The molecule has 0 spiro atoms. The Morgan fingerprint density at radius 2 is 1.76 bits per heavy atom. The number of para-hydroxylation sites is 1. The van der Waals surface area contributed by atoms with Gasteiger partial charge >= 0.3 is 11.9 Å². The van der Waals surface area contributed by atoms with Crippen LogP contribution in [-0.4, -0.2) is 30.1 Å². The lowest BCUT2D eigenvalue weighted by Gasteiger charge is -2.10. The van der Waals surface area contributed by atoms with Gasteiger partial charge in [-0.3, -0.25) is 0 Å². The number of carbonyl (C=O) groups is 2. The first-order valence-corrected chi connectivity index (χ1v) is 6.83. The third kappa shape index (κ3) is 3.02. The summed E-state index contributed by atoms with van der Waals surface area (Å²) < 4.78 is 9.97. The standard InChI is InChI=1S/C16H17NO4/c1-4-20-15(18)12-9-11-8-6-7-10(3)13(11)17-14(12)16(19)21-5-2/h6-9H,4-5H2,1-3H3. The molecule has 5 nitrogen and oxygen atoms in total. The van der Waals surface area contributed by atoms with Crippen LogP contribution in [0.5, 0.6) is 0 Å². The molecule has 0 aliphatic heterocycles. The molecule has 0 N–H and O–H groups in total. The van der Waals surface area contributed by atoms with E-state index < -0.39 is 11.9 Å². The van der Waals surface area contributed by atoms with Gasteiger partial charge in [-0.15, -0.1) is 0 Å². The fraction of sp³-hybridized carbons (Fsp3) is 0.312. The number of esters is 2. The number of fused-ring (bicyclic) bond motifs is 1. The van der Waals surface area contributed by atoms with Gasteiger partial charge in [-0.2, -0.15) is 0 Å². The van der Waals surface area contributed by atoms with Crippen LogP contribution in [0.4, 0.5) is 0 Å². The molecule has 0 unspecified atom stereocenters. The third-order valence-electron chi connectivity index (χ3n) is 3.01. The Balaban J connectivity index is 2.65. The van der Waals surface area contributed by atoms with Crippen LogP contribution in [0.1, 0.15) is 40.3 Å². The SMILES string of the molecule is CCOC(=O)c1cc2cccc(C)c2nc1C(=O)OCC. The maximum absolute atomic E-state index is 12.0. The average Bonchev–Trinajstić information content (AvgIpc) is 2.47. The van der Waals surface area contributed by atoms with Crippen LogP contribution in [0.25, 0.3) is 10.9 Å². The second kappa shape index (κ2) is 6.35. The van der Waals surface area contributed by atoms with E-state index in [2.05, 4.69) is 4.98 Å². The van der Waals surface area contributed by atoms with Crippen molar-refractivity contribution in [2.75, 3.05) is 13.2 Å². The lowest BCUT2D eigenvalue weighted by Crippen LogP contribution is -2.16. The number of hydrogen-bond acceptors (Lipinski definition) is 5. The molecular formula is C16H17NO4. The van der Waals surface area contributed by atoms with E-state index in [1.165, 1.54) is 0 Å². The van der Waals surface area contributed by atoms with E-state index in [0.717, 1.165) is 10.9 Å². The van der Waals surface area contributed by atoms with Crippen molar-refractivity contribution in [2.45, 2.75) is 20.8 Å². The van der Waals surface area contributed by atoms with Gasteiger partial charge in [-0.25, -0.2) is 14.6 Å². The Kier molecular flexibility index (Phi) is 4.52. The van der Waals surface area contributed by atoms with Crippen LogP contribution in [0.15, 0.2) is 24.3 Å². The quantitative estimate of drug-likeness (QED) is 0.809. The number of benzene rings is 1. The zero-order valence-corrected chi connectivity index (χ0v) is 12.3. The molecule has 21 heavy (non-hydrogen) atoms. The van der Waals surface area contributed by atoms with Crippen molar-refractivity contribution in [3.8, 4) is 0 Å². The predicted octanol–water partition coefficient (Wildman–Crippen LogP) is 2.90. The first-order valence-electron chi connectivity index (χ1n) is 6.83. The van der Waals surface area contributed by atoms with Crippen molar-refractivity contribution < 1.29 is 19.1 Å². The molecule has 0 saturated carbocycles. The summed E-state index contributed by atoms with van der Waals surface area (Å²) in [7, 11) is 0. The van der Waals surface area contributed by atoms with Crippen molar-refractivity contribution in [3.05, 3.63) is 41.1 Å². The molecule has 0 amide bonds. The van der Waals surface area contributed by atoms with Crippen molar-refractivity contribution in [2.24, 2.45) is 0 Å². The highest BCUT2D eigenvalue weighted by Crippen LogP contribution is 2.21. The van der Waals surface area contributed by atoms with Gasteiger partial charge in [0.25, 0.3) is 0 Å². The van der Waals surface area contributed by atoms with Gasteiger partial charge in [0, 0.05) is 5.39 Å². The highest BCUT2D eigenvalue weighted by atomic mass is 16.5. The van der Waals surface area contributed by atoms with Gasteiger partial charge in [0.1, 0.15) is 0 Å². The van der Waals surface area contributed by atoms with Crippen LogP contribution in [0.3, 0.4) is 0 Å². The van der Waals surface area contributed by atoms with Crippen molar-refractivity contribution in [1.82, 2.24) is 4.98 Å². The number of aromatic nitrogens is 1. The summed E-state index contributed by atoms with van der Waals surface area (Å²) in [6, 6.07) is 7.24. The van der Waals surface area contributed by atoms with Gasteiger partial charge in [0.2, 0.25) is 0 Å². The zero-order valence-electron chi connectivity index (χ0n) is 12.3. The van der Waals surface area contributed by atoms with E-state index in [-0.39, 0.29) is 24.5 Å². The Bertz CT molecular complexity index is 694. The van der Waals surface area contributed by atoms with Crippen molar-refractivity contribution in [1.29, 1.82) is 0 Å². The van der Waals surface area contributed by atoms with Crippen LogP contribution in [-0.2, 0) is 9.47 Å². The smallest absolute Gasteiger partial charge is 0.357 e. The maximum atomic E-state index is 12.0. The van der Waals surface area contributed by atoms with E-state index in [1.807, 2.05) is 25.1 Å². The minimum atomic E-state index is -0.620. The van der Waals surface area contributed by atoms with Crippen molar-refractivity contribution in [3.63, 3.8) is 0 Å². The number of hydrogen-bond donors (Lipinski definition) is 0. The minimum absolute atomic E-state index is 0.00269. The lowest BCUT2D eigenvalue weighted by molar-refractivity contribution is 0.0474. The summed E-state index contributed by atoms with van der Waals surface area (Å²) >= 11 is 0. The number of rotatable bonds is 4. The van der Waals surface area contributed by atoms with Crippen molar-refractivity contribution >= 4 is 22.8 Å². The number of aryl methyl sites for hydroxylation is 1. The third-order valence-corrected chi connectivity index (χ3v) is 3.01. The topological polar surface area (TPSA) is 65.5 Å². The van der Waals surface area contributed by atoms with Crippen LogP contribution in [0, 0.1) is 6.92 Å². The Hall–Kier alpha value is -2.43. The zero-order chi connectivity index (χ0) is 15.4. The lowest BCUT2D eigenvalue weighted by atomic mass is 10.1. The summed E-state index contributed by atoms with van der Waals surface area (Å²) in [4.78, 5) is 28.4. The Morgan fingerprint density at radius 1 is 1.10 bits per heavy atom. The minimum Gasteiger partial charge on any atom is -0.462 e. The molecule has 0 atom stereocenters. The van der Waals surface area contributed by atoms with Gasteiger partial charge in [-0.05, 0) is 32.4 Å². The molecule has 5 heteroatoms. The highest BCUT2D eigenvalue weighted by molar-refractivity contribution is 6.05. The molecular weight excluding hydrogens is 270 g/mol. The van der Waals surface area contributed by atoms with E-state index >= 15 is 0 Å². The molecule has 0 aliphatic rings. The second-order valence-electron chi connectivity index (χ2n) is 4.47. The molecule has 0 radical (unpaired) electrons. The van der Waals surface area contributed by atoms with E-state index in [4.69, 9.17) is 9.47 Å². The second-order valence-corrected chi connectivity index (χ2v) is 4.47. The van der Waals surface area contributed by atoms with Gasteiger partial charge in [0.15, 0.2) is 5.69 Å². The maximum Gasteiger partial charge on any atom is 0.357 e. The average molecular weight is 287 g/mol. The van der Waals surface area contributed by atoms with Gasteiger partial charge in [0.05, 0.1) is 24.3 Å². The summed E-state index contributed by atoms with van der Waals surface area (Å²) in [5.41, 5.74) is 1.73. The molecule has 1 heterocycles. The molecule has 0 saturated heterocycles. The Labute approximate surface area is 122 Å². The van der Waals surface area contributed by atoms with Gasteiger partial charge < -0.3 is 9.47 Å². The van der Waals surface area contributed by atoms with E-state index in [9.17, 15) is 9.59 Å². The number of carbonyl (C=O) groups excluding carboxylic acids is 2. The highest BCUT2D eigenvalue weighted by Gasteiger charge is 2.22. The fourth-order valence-corrected chi connectivity index (χ4v) is 2.07.